The van der Waals surface area contributed by atoms with E-state index in [1.54, 1.807) is 17.4 Å². The van der Waals surface area contributed by atoms with Gasteiger partial charge in [0.1, 0.15) is 5.75 Å². The van der Waals surface area contributed by atoms with Crippen LogP contribution in [0.4, 0.5) is 5.13 Å². The fourth-order valence-electron chi connectivity index (χ4n) is 3.65. The highest BCUT2D eigenvalue weighted by atomic mass is 32.1. The Morgan fingerprint density at radius 2 is 2.07 bits per heavy atom. The Bertz CT molecular complexity index is 912. The number of rotatable bonds is 9. The van der Waals surface area contributed by atoms with Gasteiger partial charge in [0.15, 0.2) is 5.13 Å². The molecule has 0 bridgehead atoms. The predicted octanol–water partition coefficient (Wildman–Crippen LogP) is 2.51. The molecule has 2 atom stereocenters. The number of methoxy groups -OCH3 is 1. The second kappa shape index (κ2) is 9.71. The number of ether oxygens (including phenoxy) is 1. The molecule has 0 radical (unpaired) electrons. The van der Waals surface area contributed by atoms with Crippen LogP contribution >= 0.6 is 11.3 Å². The number of aromatic nitrogens is 1. The molecule has 1 aromatic carbocycles. The molecule has 0 aliphatic carbocycles. The van der Waals surface area contributed by atoms with Crippen molar-refractivity contribution in [1.29, 1.82) is 0 Å². The number of anilines is 1. The molecule has 3 amide bonds. The van der Waals surface area contributed by atoms with Gasteiger partial charge in [-0.15, -0.1) is 11.3 Å². The predicted molar refractivity (Wildman–Crippen MR) is 114 cm³/mol. The normalized spacial score (nSPS) is 18.5. The summed E-state index contributed by atoms with van der Waals surface area (Å²) in [6.07, 6.45) is 1.99. The van der Waals surface area contributed by atoms with Gasteiger partial charge in [0.2, 0.25) is 17.7 Å². The van der Waals surface area contributed by atoms with E-state index >= 15 is 0 Å². The molecule has 8 nitrogen and oxygen atoms in total. The molecule has 1 aromatic heterocycles. The number of thiazole rings is 1. The van der Waals surface area contributed by atoms with Crippen molar-refractivity contribution in [3.8, 4) is 5.75 Å². The molecule has 3 rings (SSSR count). The summed E-state index contributed by atoms with van der Waals surface area (Å²) in [6.45, 7) is 2.68. The molecule has 2 heterocycles. The third-order valence-corrected chi connectivity index (χ3v) is 5.92. The van der Waals surface area contributed by atoms with Crippen LogP contribution in [-0.4, -0.2) is 41.3 Å². The van der Waals surface area contributed by atoms with Crippen molar-refractivity contribution < 1.29 is 19.1 Å². The fourth-order valence-corrected chi connectivity index (χ4v) is 4.37. The topological polar surface area (TPSA) is 115 Å². The van der Waals surface area contributed by atoms with Crippen molar-refractivity contribution in [2.45, 2.75) is 38.6 Å². The lowest BCUT2D eigenvalue weighted by Gasteiger charge is -2.28. The molecule has 2 aromatic rings. The van der Waals surface area contributed by atoms with Crippen LogP contribution in [0.15, 0.2) is 29.6 Å². The Hall–Kier alpha value is -2.94. The Morgan fingerprint density at radius 1 is 1.33 bits per heavy atom. The first kappa shape index (κ1) is 21.8. The molecule has 9 heteroatoms. The smallest absolute Gasteiger partial charge is 0.232 e. The highest BCUT2D eigenvalue weighted by Crippen LogP contribution is 2.39. The summed E-state index contributed by atoms with van der Waals surface area (Å²) in [4.78, 5) is 42.9. The number of unbranched alkanes of at least 4 members (excludes halogenated alkanes) is 1. The zero-order valence-corrected chi connectivity index (χ0v) is 17.9. The Kier molecular flexibility index (Phi) is 7.04. The summed E-state index contributed by atoms with van der Waals surface area (Å²) in [6, 6.07) is 7.12. The number of nitrogens with two attached hydrogens (primary N) is 1. The maximum absolute atomic E-state index is 13.1. The minimum absolute atomic E-state index is 0.0214. The minimum atomic E-state index is -0.536. The number of amides is 3. The van der Waals surface area contributed by atoms with Crippen LogP contribution in [0.2, 0.25) is 0 Å². The number of likely N-dealkylation sites (tertiary alicyclic amines) is 1. The lowest BCUT2D eigenvalue weighted by atomic mass is 9.92. The highest BCUT2D eigenvalue weighted by Gasteiger charge is 2.44. The molecule has 3 N–H and O–H groups in total. The summed E-state index contributed by atoms with van der Waals surface area (Å²) < 4.78 is 5.23. The molecule has 0 unspecified atom stereocenters. The molecular formula is C21H26N4O4S. The molecule has 160 valence electrons. The molecule has 1 fully saturated rings. The highest BCUT2D eigenvalue weighted by molar-refractivity contribution is 7.13. The summed E-state index contributed by atoms with van der Waals surface area (Å²) in [5.41, 5.74) is 6.60. The van der Waals surface area contributed by atoms with Crippen molar-refractivity contribution in [2.24, 2.45) is 11.7 Å². The van der Waals surface area contributed by atoms with E-state index in [0.717, 1.165) is 18.4 Å². The quantitative estimate of drug-likeness (QED) is 0.634. The molecule has 0 spiro atoms. The van der Waals surface area contributed by atoms with Crippen LogP contribution in [0.5, 0.6) is 5.75 Å². The SMILES string of the molecule is CCCCN1C(=O)C[C@H](C(=O)Nc2nc(CC(N)=O)cs2)[C@@H]1c1ccc(OC)cc1. The number of benzene rings is 1. The van der Waals surface area contributed by atoms with E-state index in [-0.39, 0.29) is 30.7 Å². The van der Waals surface area contributed by atoms with E-state index in [0.29, 0.717) is 23.1 Å². The van der Waals surface area contributed by atoms with Crippen LogP contribution in [0.1, 0.15) is 43.5 Å². The van der Waals surface area contributed by atoms with E-state index in [2.05, 4.69) is 17.2 Å². The molecule has 30 heavy (non-hydrogen) atoms. The third-order valence-electron chi connectivity index (χ3n) is 5.12. The maximum Gasteiger partial charge on any atom is 0.232 e. The van der Waals surface area contributed by atoms with E-state index in [9.17, 15) is 14.4 Å². The molecule has 1 aliphatic heterocycles. The van der Waals surface area contributed by atoms with Gasteiger partial charge in [-0.1, -0.05) is 25.5 Å². The molecule has 1 saturated heterocycles. The Morgan fingerprint density at radius 3 is 2.70 bits per heavy atom. The van der Waals surface area contributed by atoms with Crippen LogP contribution in [0, 0.1) is 5.92 Å². The summed E-state index contributed by atoms with van der Waals surface area (Å²) in [7, 11) is 1.60. The van der Waals surface area contributed by atoms with Crippen molar-refractivity contribution in [1.82, 2.24) is 9.88 Å². The average molecular weight is 431 g/mol. The second-order valence-electron chi connectivity index (χ2n) is 7.25. The summed E-state index contributed by atoms with van der Waals surface area (Å²) in [5, 5.41) is 4.89. The summed E-state index contributed by atoms with van der Waals surface area (Å²) in [5.74, 6) is -0.591. The number of primary amides is 1. The van der Waals surface area contributed by atoms with Crippen molar-refractivity contribution >= 4 is 34.2 Å². The maximum atomic E-state index is 13.1. The number of hydrogen-bond donors (Lipinski definition) is 2. The van der Waals surface area contributed by atoms with Gasteiger partial charge < -0.3 is 20.7 Å². The van der Waals surface area contributed by atoms with Gasteiger partial charge >= 0.3 is 0 Å². The van der Waals surface area contributed by atoms with E-state index in [4.69, 9.17) is 10.5 Å². The standard InChI is InChI=1S/C21H26N4O4S/c1-3-4-9-25-18(27)11-16(19(25)13-5-7-15(29-2)8-6-13)20(28)24-21-23-14(12-30-21)10-17(22)26/h5-8,12,16,19H,3-4,9-11H2,1-2H3,(H2,22,26)(H,23,24,28)/t16-,19-/m0/s1. The van der Waals surface area contributed by atoms with Crippen molar-refractivity contribution in [3.05, 3.63) is 40.9 Å². The molecule has 1 aliphatic rings. The zero-order valence-electron chi connectivity index (χ0n) is 17.1. The zero-order chi connectivity index (χ0) is 21.7. The Labute approximate surface area is 179 Å². The summed E-state index contributed by atoms with van der Waals surface area (Å²) >= 11 is 1.23. The number of carbonyl (C=O) groups excluding carboxylic acids is 3. The van der Waals surface area contributed by atoms with Gasteiger partial charge in [-0.3, -0.25) is 14.4 Å². The van der Waals surface area contributed by atoms with E-state index in [1.165, 1.54) is 11.3 Å². The first-order chi connectivity index (χ1) is 14.4. The van der Waals surface area contributed by atoms with Crippen molar-refractivity contribution in [2.75, 3.05) is 19.0 Å². The lowest BCUT2D eigenvalue weighted by Crippen LogP contribution is -2.33. The number of nitrogens with one attached hydrogen (secondary N) is 1. The largest absolute Gasteiger partial charge is 0.497 e. The van der Waals surface area contributed by atoms with Gasteiger partial charge in [-0.25, -0.2) is 4.98 Å². The molecular weight excluding hydrogens is 404 g/mol. The molecule has 0 saturated carbocycles. The first-order valence-corrected chi connectivity index (χ1v) is 10.8. The second-order valence-corrected chi connectivity index (χ2v) is 8.10. The van der Waals surface area contributed by atoms with Crippen LogP contribution in [-0.2, 0) is 20.8 Å². The van der Waals surface area contributed by atoms with Gasteiger partial charge in [0.25, 0.3) is 0 Å². The van der Waals surface area contributed by atoms with Gasteiger partial charge in [0, 0.05) is 18.3 Å². The first-order valence-electron chi connectivity index (χ1n) is 9.90. The third kappa shape index (κ3) is 4.96. The van der Waals surface area contributed by atoms with Crippen molar-refractivity contribution in [3.63, 3.8) is 0 Å². The van der Waals surface area contributed by atoms with E-state index in [1.807, 2.05) is 24.3 Å². The van der Waals surface area contributed by atoms with E-state index < -0.39 is 11.8 Å². The number of carbonyl (C=O) groups is 3. The number of nitrogens with zero attached hydrogens (tertiary/aromatic N) is 2. The minimum Gasteiger partial charge on any atom is -0.497 e. The van der Waals surface area contributed by atoms with Gasteiger partial charge in [-0.05, 0) is 24.1 Å². The van der Waals surface area contributed by atoms with Crippen LogP contribution < -0.4 is 15.8 Å². The Balaban J connectivity index is 1.82. The van der Waals surface area contributed by atoms with Gasteiger partial charge in [-0.2, -0.15) is 0 Å². The van der Waals surface area contributed by atoms with Gasteiger partial charge in [0.05, 0.1) is 31.2 Å². The fraction of sp³-hybridized carbons (Fsp3) is 0.429. The average Bonchev–Trinajstić information content (AvgIpc) is 3.29. The van der Waals surface area contributed by atoms with Crippen LogP contribution in [0.3, 0.4) is 0 Å². The number of hydrogen-bond acceptors (Lipinski definition) is 6. The lowest BCUT2D eigenvalue weighted by molar-refractivity contribution is -0.129. The monoisotopic (exact) mass is 430 g/mol. The van der Waals surface area contributed by atoms with Crippen LogP contribution in [0.25, 0.3) is 0 Å².